The Kier molecular flexibility index (Phi) is 2.89. The molecular formula is C11H7N3O3. The average Bonchev–Trinajstić information content (AvgIpc) is 2.31. The van der Waals surface area contributed by atoms with Crippen LogP contribution < -0.4 is 5.63 Å². The Morgan fingerprint density at radius 3 is 2.94 bits per heavy atom. The lowest BCUT2D eigenvalue weighted by Gasteiger charge is -2.03. The van der Waals surface area contributed by atoms with E-state index in [0.717, 1.165) is 0 Å². The number of aldehydes is 1. The Morgan fingerprint density at radius 2 is 2.24 bits per heavy atom. The van der Waals surface area contributed by atoms with Gasteiger partial charge in [-0.1, -0.05) is 5.11 Å². The Morgan fingerprint density at radius 1 is 1.41 bits per heavy atom. The molecule has 6 nitrogen and oxygen atoms in total. The van der Waals surface area contributed by atoms with Crippen molar-refractivity contribution in [3.05, 3.63) is 50.7 Å². The van der Waals surface area contributed by atoms with Crippen LogP contribution in [0, 0.1) is 0 Å². The van der Waals surface area contributed by atoms with Gasteiger partial charge in [-0.3, -0.25) is 0 Å². The highest BCUT2D eigenvalue weighted by molar-refractivity contribution is 5.82. The van der Waals surface area contributed by atoms with Crippen LogP contribution in [0.1, 0.15) is 5.56 Å². The molecule has 0 amide bonds. The fourth-order valence-electron chi connectivity index (χ4n) is 1.54. The van der Waals surface area contributed by atoms with E-state index in [2.05, 4.69) is 10.0 Å². The number of fused-ring (bicyclic) bond motifs is 1. The zero-order valence-electron chi connectivity index (χ0n) is 8.66. The maximum Gasteiger partial charge on any atom is 0.336 e. The van der Waals surface area contributed by atoms with Gasteiger partial charge in [0.15, 0.2) is 0 Å². The minimum absolute atomic E-state index is 0.100. The summed E-state index contributed by atoms with van der Waals surface area (Å²) in [7, 11) is 0. The Hall–Kier alpha value is -2.59. The van der Waals surface area contributed by atoms with Crippen molar-refractivity contribution < 1.29 is 9.21 Å². The maximum absolute atomic E-state index is 11.0. The number of hydrogen-bond acceptors (Lipinski definition) is 4. The number of rotatable bonds is 3. The Balaban J connectivity index is 2.75. The highest BCUT2D eigenvalue weighted by Gasteiger charge is 2.05. The van der Waals surface area contributed by atoms with Gasteiger partial charge in [-0.2, -0.15) is 0 Å². The molecule has 2 aromatic rings. The highest BCUT2D eigenvalue weighted by Crippen LogP contribution is 2.26. The Bertz CT molecular complexity index is 684. The van der Waals surface area contributed by atoms with Gasteiger partial charge in [0.05, 0.1) is 0 Å². The fraction of sp³-hybridized carbons (Fsp3) is 0.0909. The molecule has 0 N–H and O–H groups in total. The van der Waals surface area contributed by atoms with E-state index in [9.17, 15) is 9.59 Å². The summed E-state index contributed by atoms with van der Waals surface area (Å²) in [5.41, 5.74) is 9.21. The predicted molar refractivity (Wildman–Crippen MR) is 61.1 cm³/mol. The average molecular weight is 229 g/mol. The lowest BCUT2D eigenvalue weighted by molar-refractivity contribution is -0.107. The van der Waals surface area contributed by atoms with Gasteiger partial charge < -0.3 is 9.21 Å². The molecule has 0 radical (unpaired) electrons. The summed E-state index contributed by atoms with van der Waals surface area (Å²) >= 11 is 0. The van der Waals surface area contributed by atoms with Gasteiger partial charge in [-0.25, -0.2) is 4.79 Å². The van der Waals surface area contributed by atoms with Crippen molar-refractivity contribution in [1.82, 2.24) is 0 Å². The lowest BCUT2D eigenvalue weighted by atomic mass is 10.1. The van der Waals surface area contributed by atoms with Crippen LogP contribution in [0.2, 0.25) is 0 Å². The minimum atomic E-state index is -0.467. The molecule has 0 fully saturated rings. The van der Waals surface area contributed by atoms with Crippen molar-refractivity contribution in [2.45, 2.75) is 6.42 Å². The van der Waals surface area contributed by atoms with Gasteiger partial charge in [0, 0.05) is 28.5 Å². The van der Waals surface area contributed by atoms with E-state index in [-0.39, 0.29) is 6.42 Å². The van der Waals surface area contributed by atoms with Gasteiger partial charge in [0.1, 0.15) is 11.9 Å². The summed E-state index contributed by atoms with van der Waals surface area (Å²) < 4.78 is 4.98. The maximum atomic E-state index is 11.0. The molecule has 2 rings (SSSR count). The molecule has 0 aliphatic heterocycles. The summed E-state index contributed by atoms with van der Waals surface area (Å²) in [6.45, 7) is 0. The quantitative estimate of drug-likeness (QED) is 0.266. The number of carbonyl (C=O) groups is 1. The summed E-state index contributed by atoms with van der Waals surface area (Å²) in [5, 5.41) is 4.14. The van der Waals surface area contributed by atoms with E-state index < -0.39 is 5.63 Å². The van der Waals surface area contributed by atoms with Crippen molar-refractivity contribution in [2.24, 2.45) is 5.11 Å². The highest BCUT2D eigenvalue weighted by atomic mass is 16.4. The van der Waals surface area contributed by atoms with Crippen molar-refractivity contribution in [2.75, 3.05) is 0 Å². The molecule has 0 saturated heterocycles. The van der Waals surface area contributed by atoms with Crippen LogP contribution in [0.3, 0.4) is 0 Å². The largest absolute Gasteiger partial charge is 0.423 e. The summed E-state index contributed by atoms with van der Waals surface area (Å²) in [6.07, 6.45) is 0.793. The molecular weight excluding hydrogens is 222 g/mol. The van der Waals surface area contributed by atoms with Crippen LogP contribution in [0.25, 0.3) is 21.4 Å². The molecule has 0 spiro atoms. The number of nitrogens with zero attached hydrogens (tertiary/aromatic N) is 3. The summed E-state index contributed by atoms with van der Waals surface area (Å²) in [6, 6.07) is 5.97. The third-order valence-electron chi connectivity index (χ3n) is 2.28. The molecule has 1 heterocycles. The van der Waals surface area contributed by atoms with Gasteiger partial charge in [0.25, 0.3) is 0 Å². The number of benzene rings is 1. The first kappa shape index (κ1) is 10.9. The van der Waals surface area contributed by atoms with E-state index >= 15 is 0 Å². The van der Waals surface area contributed by atoms with E-state index in [0.29, 0.717) is 28.5 Å². The Labute approximate surface area is 95.1 Å². The van der Waals surface area contributed by atoms with E-state index in [1.165, 1.54) is 12.1 Å². The van der Waals surface area contributed by atoms with Crippen molar-refractivity contribution in [3.63, 3.8) is 0 Å². The fourth-order valence-corrected chi connectivity index (χ4v) is 1.54. The van der Waals surface area contributed by atoms with Gasteiger partial charge in [-0.05, 0) is 29.3 Å². The molecule has 0 saturated carbocycles. The smallest absolute Gasteiger partial charge is 0.336 e. The monoisotopic (exact) mass is 229 g/mol. The third kappa shape index (κ3) is 2.16. The molecule has 6 heteroatoms. The molecule has 1 aromatic heterocycles. The van der Waals surface area contributed by atoms with E-state index in [1.54, 1.807) is 12.1 Å². The lowest BCUT2D eigenvalue weighted by Crippen LogP contribution is -1.95. The van der Waals surface area contributed by atoms with Crippen LogP contribution in [0.4, 0.5) is 5.69 Å². The molecule has 1 aromatic carbocycles. The van der Waals surface area contributed by atoms with Crippen LogP contribution in [0.5, 0.6) is 0 Å². The molecule has 0 aliphatic rings. The van der Waals surface area contributed by atoms with Crippen LogP contribution >= 0.6 is 0 Å². The summed E-state index contributed by atoms with van der Waals surface area (Å²) in [4.78, 5) is 24.2. The normalized spacial score (nSPS) is 9.88. The minimum Gasteiger partial charge on any atom is -0.423 e. The standard InChI is InChI=1S/C11H7N3O3/c12-14-13-9-5-8-1-2-11(16)17-10(8)6-7(9)3-4-15/h1-2,4-6H,3H2. The van der Waals surface area contributed by atoms with Crippen molar-refractivity contribution in [1.29, 1.82) is 0 Å². The van der Waals surface area contributed by atoms with Crippen LogP contribution in [-0.4, -0.2) is 6.29 Å². The van der Waals surface area contributed by atoms with E-state index in [4.69, 9.17) is 9.95 Å². The van der Waals surface area contributed by atoms with Gasteiger partial charge in [-0.15, -0.1) is 0 Å². The number of carbonyl (C=O) groups excluding carboxylic acids is 1. The molecule has 0 aliphatic carbocycles. The van der Waals surface area contributed by atoms with Gasteiger partial charge >= 0.3 is 5.63 Å². The molecule has 84 valence electrons. The first-order valence-electron chi connectivity index (χ1n) is 4.80. The zero-order chi connectivity index (χ0) is 12.3. The predicted octanol–water partition coefficient (Wildman–Crippen LogP) is 2.48. The summed E-state index contributed by atoms with van der Waals surface area (Å²) in [5.74, 6) is 0. The van der Waals surface area contributed by atoms with Crippen molar-refractivity contribution >= 4 is 22.9 Å². The second kappa shape index (κ2) is 4.51. The third-order valence-corrected chi connectivity index (χ3v) is 2.28. The number of hydrogen-bond donors (Lipinski definition) is 0. The molecule has 17 heavy (non-hydrogen) atoms. The SMILES string of the molecule is [N-]=[N+]=Nc1cc2ccc(=O)oc2cc1CC=O. The topological polar surface area (TPSA) is 96.0 Å². The van der Waals surface area contributed by atoms with E-state index in [1.807, 2.05) is 0 Å². The molecule has 0 unspecified atom stereocenters. The van der Waals surface area contributed by atoms with Gasteiger partial charge in [0.2, 0.25) is 0 Å². The number of azide groups is 1. The zero-order valence-corrected chi connectivity index (χ0v) is 8.66. The molecule has 0 atom stereocenters. The second-order valence-corrected chi connectivity index (χ2v) is 3.33. The first-order valence-corrected chi connectivity index (χ1v) is 4.80. The second-order valence-electron chi connectivity index (χ2n) is 3.33. The molecule has 0 bridgehead atoms. The van der Waals surface area contributed by atoms with Crippen LogP contribution in [0.15, 0.2) is 38.6 Å². The van der Waals surface area contributed by atoms with Crippen molar-refractivity contribution in [3.8, 4) is 0 Å². The van der Waals surface area contributed by atoms with Crippen LogP contribution in [-0.2, 0) is 11.2 Å². The first-order chi connectivity index (χ1) is 8.24.